The Labute approximate surface area is 85.3 Å². The number of esters is 1. The van der Waals surface area contributed by atoms with E-state index < -0.39 is 17.9 Å². The van der Waals surface area contributed by atoms with Crippen LogP contribution in [0.25, 0.3) is 0 Å². The molecule has 0 amide bonds. The third-order valence-electron chi connectivity index (χ3n) is 1.79. The third kappa shape index (κ3) is 2.52. The maximum atomic E-state index is 13.1. The quantitative estimate of drug-likeness (QED) is 0.462. The summed E-state index contributed by atoms with van der Waals surface area (Å²) in [4.78, 5) is 22.0. The lowest BCUT2D eigenvalue weighted by Crippen LogP contribution is -2.26. The van der Waals surface area contributed by atoms with Crippen molar-refractivity contribution in [1.82, 2.24) is 0 Å². The van der Waals surface area contributed by atoms with Gasteiger partial charge in [0.15, 0.2) is 0 Å². The number of hydrogen-bond donors (Lipinski definition) is 1. The van der Waals surface area contributed by atoms with Gasteiger partial charge < -0.3 is 9.84 Å². The molecule has 0 aliphatic carbocycles. The molecule has 5 heteroatoms. The number of ketones is 1. The fourth-order valence-electron chi connectivity index (χ4n) is 0.983. The van der Waals surface area contributed by atoms with E-state index in [0.717, 1.165) is 7.11 Å². The number of benzene rings is 1. The molecule has 1 unspecified atom stereocenters. The zero-order valence-corrected chi connectivity index (χ0v) is 7.94. The molecule has 1 N–H and O–H groups in total. The highest BCUT2D eigenvalue weighted by molar-refractivity contribution is 6.11. The first kappa shape index (κ1) is 11.2. The van der Waals surface area contributed by atoms with Gasteiger partial charge in [-0.2, -0.15) is 0 Å². The van der Waals surface area contributed by atoms with E-state index in [9.17, 15) is 14.0 Å². The minimum atomic E-state index is -2.32. The number of hydrogen-bond acceptors (Lipinski definition) is 4. The number of rotatable bonds is 3. The molecule has 1 aromatic carbocycles. The van der Waals surface area contributed by atoms with Gasteiger partial charge in [-0.1, -0.05) is 0 Å². The van der Waals surface area contributed by atoms with Gasteiger partial charge in [-0.05, 0) is 24.3 Å². The SMILES string of the molecule is COC(=O)C(F)C(=O)c1ccc(O)cc1. The van der Waals surface area contributed by atoms with Crippen LogP contribution in [0.5, 0.6) is 5.75 Å². The van der Waals surface area contributed by atoms with Crippen LogP contribution < -0.4 is 0 Å². The average molecular weight is 212 g/mol. The Kier molecular flexibility index (Phi) is 3.38. The minimum Gasteiger partial charge on any atom is -0.508 e. The van der Waals surface area contributed by atoms with Crippen LogP contribution in [0.4, 0.5) is 4.39 Å². The Morgan fingerprint density at radius 2 is 1.87 bits per heavy atom. The lowest BCUT2D eigenvalue weighted by molar-refractivity contribution is -0.144. The highest BCUT2D eigenvalue weighted by Crippen LogP contribution is 2.13. The first-order chi connectivity index (χ1) is 7.06. The Hall–Kier alpha value is -1.91. The second kappa shape index (κ2) is 4.54. The monoisotopic (exact) mass is 212 g/mol. The molecule has 4 nitrogen and oxygen atoms in total. The Morgan fingerprint density at radius 1 is 1.33 bits per heavy atom. The summed E-state index contributed by atoms with van der Waals surface area (Å²) < 4.78 is 17.2. The van der Waals surface area contributed by atoms with Crippen molar-refractivity contribution in [2.45, 2.75) is 6.17 Å². The van der Waals surface area contributed by atoms with Crippen molar-refractivity contribution in [3.8, 4) is 5.75 Å². The first-order valence-corrected chi connectivity index (χ1v) is 4.11. The van der Waals surface area contributed by atoms with E-state index in [-0.39, 0.29) is 11.3 Å². The number of phenols is 1. The van der Waals surface area contributed by atoms with Gasteiger partial charge in [0.05, 0.1) is 7.11 Å². The van der Waals surface area contributed by atoms with Crippen molar-refractivity contribution in [3.05, 3.63) is 29.8 Å². The number of ether oxygens (including phenoxy) is 1. The summed E-state index contributed by atoms with van der Waals surface area (Å²) in [6.45, 7) is 0. The van der Waals surface area contributed by atoms with Crippen LogP contribution in [0.3, 0.4) is 0 Å². The van der Waals surface area contributed by atoms with Gasteiger partial charge in [-0.25, -0.2) is 9.18 Å². The van der Waals surface area contributed by atoms with E-state index in [1.165, 1.54) is 24.3 Å². The van der Waals surface area contributed by atoms with Crippen LogP contribution in [0.15, 0.2) is 24.3 Å². The highest BCUT2D eigenvalue weighted by Gasteiger charge is 2.27. The van der Waals surface area contributed by atoms with Gasteiger partial charge in [0, 0.05) is 5.56 Å². The Balaban J connectivity index is 2.85. The summed E-state index contributed by atoms with van der Waals surface area (Å²) in [6, 6.07) is 4.93. The van der Waals surface area contributed by atoms with Gasteiger partial charge in [0.1, 0.15) is 5.75 Å². The zero-order chi connectivity index (χ0) is 11.4. The van der Waals surface area contributed by atoms with Crippen LogP contribution in [0.2, 0.25) is 0 Å². The van der Waals surface area contributed by atoms with Crippen LogP contribution in [-0.2, 0) is 9.53 Å². The van der Waals surface area contributed by atoms with Gasteiger partial charge >= 0.3 is 5.97 Å². The molecule has 0 aliphatic rings. The number of carbonyl (C=O) groups excluding carboxylic acids is 2. The number of alkyl halides is 1. The molecular formula is C10H9FO4. The van der Waals surface area contributed by atoms with Crippen LogP contribution in [-0.4, -0.2) is 30.1 Å². The molecule has 1 aromatic rings. The number of phenolic OH excluding ortho intramolecular Hbond substituents is 1. The molecule has 80 valence electrons. The standard InChI is InChI=1S/C10H9FO4/c1-15-10(14)8(11)9(13)6-2-4-7(12)5-3-6/h2-5,8,12H,1H3. The number of halogens is 1. The fraction of sp³-hybridized carbons (Fsp3) is 0.200. The summed E-state index contributed by atoms with van der Waals surface area (Å²) in [5.41, 5.74) is 0.00528. The fourth-order valence-corrected chi connectivity index (χ4v) is 0.983. The summed E-state index contributed by atoms with van der Waals surface area (Å²) in [6.07, 6.45) is -2.32. The second-order valence-electron chi connectivity index (χ2n) is 2.80. The van der Waals surface area contributed by atoms with E-state index in [0.29, 0.717) is 0 Å². The van der Waals surface area contributed by atoms with Gasteiger partial charge in [0.25, 0.3) is 6.17 Å². The summed E-state index contributed by atoms with van der Waals surface area (Å²) in [5.74, 6) is -2.25. The molecular weight excluding hydrogens is 203 g/mol. The van der Waals surface area contributed by atoms with E-state index >= 15 is 0 Å². The van der Waals surface area contributed by atoms with Crippen molar-refractivity contribution in [2.75, 3.05) is 7.11 Å². The Bertz CT molecular complexity index is 372. The summed E-state index contributed by atoms with van der Waals surface area (Å²) in [7, 11) is 0.999. The van der Waals surface area contributed by atoms with Crippen molar-refractivity contribution in [1.29, 1.82) is 0 Å². The highest BCUT2D eigenvalue weighted by atomic mass is 19.1. The minimum absolute atomic E-state index is 0.00528. The Morgan fingerprint density at radius 3 is 2.33 bits per heavy atom. The molecule has 0 saturated heterocycles. The van der Waals surface area contributed by atoms with Gasteiger partial charge in [0.2, 0.25) is 5.78 Å². The molecule has 0 aliphatic heterocycles. The lowest BCUT2D eigenvalue weighted by Gasteiger charge is -2.04. The van der Waals surface area contributed by atoms with E-state index in [1.807, 2.05) is 0 Å². The van der Waals surface area contributed by atoms with Crippen LogP contribution >= 0.6 is 0 Å². The van der Waals surface area contributed by atoms with Crippen LogP contribution in [0.1, 0.15) is 10.4 Å². The summed E-state index contributed by atoms with van der Waals surface area (Å²) in [5, 5.41) is 8.94. The number of methoxy groups -OCH3 is 1. The van der Waals surface area contributed by atoms with E-state index in [2.05, 4.69) is 4.74 Å². The largest absolute Gasteiger partial charge is 0.508 e. The lowest BCUT2D eigenvalue weighted by atomic mass is 10.1. The maximum absolute atomic E-state index is 13.1. The topological polar surface area (TPSA) is 63.6 Å². The molecule has 1 atom stereocenters. The molecule has 0 saturated carbocycles. The molecule has 0 fully saturated rings. The molecule has 0 radical (unpaired) electrons. The van der Waals surface area contributed by atoms with E-state index in [4.69, 9.17) is 5.11 Å². The van der Waals surface area contributed by atoms with Crippen LogP contribution in [0, 0.1) is 0 Å². The third-order valence-corrected chi connectivity index (χ3v) is 1.79. The van der Waals surface area contributed by atoms with Crippen molar-refractivity contribution >= 4 is 11.8 Å². The number of aromatic hydroxyl groups is 1. The number of Topliss-reactive ketones (excluding diaryl/α,β-unsaturated/α-hetero) is 1. The number of carbonyl (C=O) groups is 2. The first-order valence-electron chi connectivity index (χ1n) is 4.11. The molecule has 0 aromatic heterocycles. The van der Waals surface area contributed by atoms with Gasteiger partial charge in [-0.3, -0.25) is 4.79 Å². The normalized spacial score (nSPS) is 11.9. The predicted molar refractivity (Wildman–Crippen MR) is 49.3 cm³/mol. The summed E-state index contributed by atoms with van der Waals surface area (Å²) >= 11 is 0. The molecule has 15 heavy (non-hydrogen) atoms. The average Bonchev–Trinajstić information content (AvgIpc) is 2.27. The zero-order valence-electron chi connectivity index (χ0n) is 7.94. The molecule has 0 bridgehead atoms. The smallest absolute Gasteiger partial charge is 0.348 e. The maximum Gasteiger partial charge on any atom is 0.348 e. The molecule has 0 spiro atoms. The van der Waals surface area contributed by atoms with E-state index in [1.54, 1.807) is 0 Å². The van der Waals surface area contributed by atoms with Crippen molar-refractivity contribution < 1.29 is 23.8 Å². The predicted octanol–water partition coefficient (Wildman–Crippen LogP) is 1.09. The van der Waals surface area contributed by atoms with Crippen molar-refractivity contribution in [2.24, 2.45) is 0 Å². The molecule has 1 rings (SSSR count). The van der Waals surface area contributed by atoms with Crippen molar-refractivity contribution in [3.63, 3.8) is 0 Å². The van der Waals surface area contributed by atoms with Gasteiger partial charge in [-0.15, -0.1) is 0 Å². The second-order valence-corrected chi connectivity index (χ2v) is 2.80. The molecule has 0 heterocycles.